The summed E-state index contributed by atoms with van der Waals surface area (Å²) in [4.78, 5) is 31.1. The standard InChI is InChI=1S/C22H21ClN6O2/c23-16-8-10-19(24-13-16)26-21(30)15-5-4-12-29(14-15)20-11-9-18(27-28-20)22(31)25-17-6-2-1-3-7-17/h1-3,6-11,13,15H,4-5,12,14H2,(H,25,31)(H,24,26,30). The zero-order valence-electron chi connectivity index (χ0n) is 16.7. The number of rotatable bonds is 5. The Bertz CT molecular complexity index is 1040. The number of anilines is 3. The third-order valence-electron chi connectivity index (χ3n) is 5.01. The monoisotopic (exact) mass is 436 g/mol. The van der Waals surface area contributed by atoms with E-state index in [1.165, 1.54) is 6.20 Å². The van der Waals surface area contributed by atoms with Crippen LogP contribution in [-0.2, 0) is 4.79 Å². The number of hydrogen-bond donors (Lipinski definition) is 2. The van der Waals surface area contributed by atoms with Gasteiger partial charge in [-0.05, 0) is 49.2 Å². The lowest BCUT2D eigenvalue weighted by Crippen LogP contribution is -2.41. The van der Waals surface area contributed by atoms with Crippen LogP contribution >= 0.6 is 11.6 Å². The van der Waals surface area contributed by atoms with Crippen LogP contribution in [0, 0.1) is 5.92 Å². The van der Waals surface area contributed by atoms with Crippen LogP contribution in [-0.4, -0.2) is 40.1 Å². The molecule has 8 nitrogen and oxygen atoms in total. The molecule has 3 heterocycles. The predicted octanol–water partition coefficient (Wildman–Crippen LogP) is 3.63. The summed E-state index contributed by atoms with van der Waals surface area (Å²) >= 11 is 5.84. The van der Waals surface area contributed by atoms with Crippen molar-refractivity contribution in [1.29, 1.82) is 0 Å². The third kappa shape index (κ3) is 5.35. The van der Waals surface area contributed by atoms with Crippen molar-refractivity contribution in [2.75, 3.05) is 28.6 Å². The van der Waals surface area contributed by atoms with Crippen molar-refractivity contribution in [3.8, 4) is 0 Å². The molecule has 1 saturated heterocycles. The first-order valence-corrected chi connectivity index (χ1v) is 10.3. The molecular weight excluding hydrogens is 416 g/mol. The highest BCUT2D eigenvalue weighted by Gasteiger charge is 2.27. The van der Waals surface area contributed by atoms with Crippen molar-refractivity contribution < 1.29 is 9.59 Å². The Morgan fingerprint density at radius 1 is 1.00 bits per heavy atom. The van der Waals surface area contributed by atoms with Gasteiger partial charge in [0.25, 0.3) is 5.91 Å². The van der Waals surface area contributed by atoms with Crippen molar-refractivity contribution in [2.45, 2.75) is 12.8 Å². The van der Waals surface area contributed by atoms with Crippen LogP contribution in [0.5, 0.6) is 0 Å². The van der Waals surface area contributed by atoms with Gasteiger partial charge in [0.05, 0.1) is 10.9 Å². The molecule has 1 unspecified atom stereocenters. The summed E-state index contributed by atoms with van der Waals surface area (Å²) in [6, 6.07) is 15.9. The minimum Gasteiger partial charge on any atom is -0.354 e. The second-order valence-electron chi connectivity index (χ2n) is 7.23. The highest BCUT2D eigenvalue weighted by Crippen LogP contribution is 2.23. The number of para-hydroxylation sites is 1. The Morgan fingerprint density at radius 3 is 2.55 bits per heavy atom. The number of carbonyl (C=O) groups excluding carboxylic acids is 2. The summed E-state index contributed by atoms with van der Waals surface area (Å²) < 4.78 is 0. The molecule has 1 fully saturated rings. The first kappa shape index (κ1) is 20.7. The molecule has 4 rings (SSSR count). The molecule has 1 aliphatic rings. The van der Waals surface area contributed by atoms with E-state index in [1.54, 1.807) is 36.4 Å². The zero-order valence-corrected chi connectivity index (χ0v) is 17.4. The van der Waals surface area contributed by atoms with E-state index < -0.39 is 0 Å². The number of piperidine rings is 1. The summed E-state index contributed by atoms with van der Waals surface area (Å²) in [5.41, 5.74) is 0.922. The maximum absolute atomic E-state index is 12.6. The number of nitrogens with one attached hydrogen (secondary N) is 2. The molecule has 0 saturated carbocycles. The molecule has 2 aromatic heterocycles. The average molecular weight is 437 g/mol. The minimum absolute atomic E-state index is 0.0914. The van der Waals surface area contributed by atoms with E-state index in [0.29, 0.717) is 28.9 Å². The molecular formula is C22H21ClN6O2. The summed E-state index contributed by atoms with van der Waals surface area (Å²) in [5, 5.41) is 14.4. The molecule has 1 atom stereocenters. The maximum atomic E-state index is 12.6. The van der Waals surface area contributed by atoms with E-state index in [-0.39, 0.29) is 23.4 Å². The molecule has 3 aromatic rings. The Labute approximate surface area is 184 Å². The molecule has 1 aliphatic heterocycles. The zero-order chi connectivity index (χ0) is 21.6. The normalized spacial score (nSPS) is 15.9. The van der Waals surface area contributed by atoms with Crippen LogP contribution in [0.2, 0.25) is 5.02 Å². The number of pyridine rings is 1. The number of hydrogen-bond acceptors (Lipinski definition) is 6. The molecule has 2 N–H and O–H groups in total. The van der Waals surface area contributed by atoms with Crippen LogP contribution in [0.1, 0.15) is 23.3 Å². The topological polar surface area (TPSA) is 100 Å². The van der Waals surface area contributed by atoms with Gasteiger partial charge in [-0.15, -0.1) is 10.2 Å². The van der Waals surface area contributed by atoms with Crippen molar-refractivity contribution >= 4 is 40.7 Å². The highest BCUT2D eigenvalue weighted by molar-refractivity contribution is 6.30. The summed E-state index contributed by atoms with van der Waals surface area (Å²) in [6.45, 7) is 1.29. The van der Waals surface area contributed by atoms with Crippen LogP contribution in [0.25, 0.3) is 0 Å². The van der Waals surface area contributed by atoms with Crippen LogP contribution in [0.3, 0.4) is 0 Å². The molecule has 1 aromatic carbocycles. The molecule has 158 valence electrons. The van der Waals surface area contributed by atoms with Crippen molar-refractivity contribution in [3.63, 3.8) is 0 Å². The van der Waals surface area contributed by atoms with Gasteiger partial charge in [-0.3, -0.25) is 9.59 Å². The fourth-order valence-electron chi connectivity index (χ4n) is 3.41. The molecule has 0 spiro atoms. The van der Waals surface area contributed by atoms with E-state index in [4.69, 9.17) is 11.6 Å². The second-order valence-corrected chi connectivity index (χ2v) is 7.67. The number of halogens is 1. The van der Waals surface area contributed by atoms with E-state index in [1.807, 2.05) is 23.1 Å². The Hall–Kier alpha value is -3.52. The van der Waals surface area contributed by atoms with Gasteiger partial charge in [0.15, 0.2) is 11.5 Å². The average Bonchev–Trinajstić information content (AvgIpc) is 2.81. The quantitative estimate of drug-likeness (QED) is 0.633. The molecule has 0 radical (unpaired) electrons. The number of aromatic nitrogens is 3. The van der Waals surface area contributed by atoms with E-state index >= 15 is 0 Å². The molecule has 2 amide bonds. The van der Waals surface area contributed by atoms with Gasteiger partial charge in [-0.25, -0.2) is 4.98 Å². The lowest BCUT2D eigenvalue weighted by atomic mass is 9.97. The minimum atomic E-state index is -0.323. The predicted molar refractivity (Wildman–Crippen MR) is 119 cm³/mol. The maximum Gasteiger partial charge on any atom is 0.276 e. The van der Waals surface area contributed by atoms with Gasteiger partial charge in [0.1, 0.15) is 5.82 Å². The van der Waals surface area contributed by atoms with E-state index in [2.05, 4.69) is 25.8 Å². The summed E-state index contributed by atoms with van der Waals surface area (Å²) in [6.07, 6.45) is 3.13. The highest BCUT2D eigenvalue weighted by atomic mass is 35.5. The Balaban J connectivity index is 1.37. The van der Waals surface area contributed by atoms with Crippen LogP contribution < -0.4 is 15.5 Å². The van der Waals surface area contributed by atoms with Crippen molar-refractivity contribution in [1.82, 2.24) is 15.2 Å². The third-order valence-corrected chi connectivity index (χ3v) is 5.23. The number of nitrogens with zero attached hydrogens (tertiary/aromatic N) is 4. The Morgan fingerprint density at radius 2 is 1.84 bits per heavy atom. The van der Waals surface area contributed by atoms with Crippen molar-refractivity contribution in [2.24, 2.45) is 5.92 Å². The van der Waals surface area contributed by atoms with Gasteiger partial charge in [0.2, 0.25) is 5.91 Å². The smallest absolute Gasteiger partial charge is 0.276 e. The van der Waals surface area contributed by atoms with E-state index in [9.17, 15) is 9.59 Å². The first-order chi connectivity index (χ1) is 15.1. The largest absolute Gasteiger partial charge is 0.354 e. The van der Waals surface area contributed by atoms with Crippen LogP contribution in [0.4, 0.5) is 17.3 Å². The van der Waals surface area contributed by atoms with E-state index in [0.717, 1.165) is 19.4 Å². The molecule has 0 aliphatic carbocycles. The molecule has 31 heavy (non-hydrogen) atoms. The van der Waals surface area contributed by atoms with Crippen molar-refractivity contribution in [3.05, 3.63) is 71.5 Å². The summed E-state index contributed by atoms with van der Waals surface area (Å²) in [7, 11) is 0. The van der Waals surface area contributed by atoms with Gasteiger partial charge in [-0.2, -0.15) is 0 Å². The van der Waals surface area contributed by atoms with Gasteiger partial charge < -0.3 is 15.5 Å². The number of amides is 2. The van der Waals surface area contributed by atoms with Gasteiger partial charge in [0, 0.05) is 25.0 Å². The lowest BCUT2D eigenvalue weighted by molar-refractivity contribution is -0.120. The molecule has 0 bridgehead atoms. The first-order valence-electron chi connectivity index (χ1n) is 9.96. The van der Waals surface area contributed by atoms with Gasteiger partial charge in [-0.1, -0.05) is 29.8 Å². The molecule has 9 heteroatoms. The fourth-order valence-corrected chi connectivity index (χ4v) is 3.52. The Kier molecular flexibility index (Phi) is 6.37. The number of carbonyl (C=O) groups is 2. The number of benzene rings is 1. The van der Waals surface area contributed by atoms with Crippen LogP contribution in [0.15, 0.2) is 60.8 Å². The van der Waals surface area contributed by atoms with Gasteiger partial charge >= 0.3 is 0 Å². The fraction of sp³-hybridized carbons (Fsp3) is 0.227. The SMILES string of the molecule is O=C(Nc1ccccc1)c1ccc(N2CCCC(C(=O)Nc3ccc(Cl)cn3)C2)nn1. The lowest BCUT2D eigenvalue weighted by Gasteiger charge is -2.32. The summed E-state index contributed by atoms with van der Waals surface area (Å²) in [5.74, 6) is 0.496. The second kappa shape index (κ2) is 9.53.